The Balaban J connectivity index is 0.00000144. The summed E-state index contributed by atoms with van der Waals surface area (Å²) >= 11 is 1.66. The molecule has 1 fully saturated rings. The number of methoxy groups -OCH3 is 1. The molecule has 32 heavy (non-hydrogen) atoms. The van der Waals surface area contributed by atoms with Gasteiger partial charge in [-0.05, 0) is 42.5 Å². The Bertz CT molecular complexity index is 1290. The summed E-state index contributed by atoms with van der Waals surface area (Å²) in [5, 5.41) is 11.7. The lowest BCUT2D eigenvalue weighted by atomic mass is 10.1. The first kappa shape index (κ1) is 24.1. The van der Waals surface area contributed by atoms with E-state index in [4.69, 9.17) is 10.5 Å². The molecule has 4 aromatic rings. The van der Waals surface area contributed by atoms with Crippen LogP contribution in [0.15, 0.2) is 30.6 Å². The molecular weight excluding hydrogens is 471 g/mol. The molecule has 4 heterocycles. The maximum atomic E-state index is 11.9. The summed E-state index contributed by atoms with van der Waals surface area (Å²) in [4.78, 5) is 17.2. The normalized spacial score (nSPS) is 15.4. The van der Waals surface area contributed by atoms with Gasteiger partial charge in [-0.15, -0.1) is 36.2 Å². The topological polar surface area (TPSA) is 107 Å². The maximum absolute atomic E-state index is 11.9. The second kappa shape index (κ2) is 9.50. The molecule has 1 aliphatic rings. The predicted molar refractivity (Wildman–Crippen MR) is 132 cm³/mol. The molecule has 1 aliphatic heterocycles. The van der Waals surface area contributed by atoms with Gasteiger partial charge in [-0.3, -0.25) is 4.79 Å². The average Bonchev–Trinajstić information content (AvgIpc) is 3.42. The maximum Gasteiger partial charge on any atom is 0.237 e. The molecular formula is C21H24Cl2N6O2S. The van der Waals surface area contributed by atoms with E-state index in [1.807, 2.05) is 10.6 Å². The lowest BCUT2D eigenvalue weighted by molar-refractivity contribution is -0.120. The minimum absolute atomic E-state index is 0. The number of fused-ring (bicyclic) bond motifs is 2. The molecule has 0 unspecified atom stereocenters. The van der Waals surface area contributed by atoms with E-state index in [2.05, 4.69) is 45.8 Å². The molecule has 0 aliphatic carbocycles. The van der Waals surface area contributed by atoms with Gasteiger partial charge in [-0.25, -0.2) is 9.50 Å². The van der Waals surface area contributed by atoms with Crippen LogP contribution in [0.4, 0.5) is 5.82 Å². The summed E-state index contributed by atoms with van der Waals surface area (Å²) in [6.45, 7) is 3.26. The highest BCUT2D eigenvalue weighted by Gasteiger charge is 2.24. The monoisotopic (exact) mass is 494 g/mol. The predicted octanol–water partition coefficient (Wildman–Crippen LogP) is 3.33. The Hall–Kier alpha value is -2.59. The number of ether oxygens (including phenoxy) is 1. The number of carbonyl (C=O) groups excluding carboxylic acids is 1. The van der Waals surface area contributed by atoms with Crippen molar-refractivity contribution in [3.05, 3.63) is 41.9 Å². The van der Waals surface area contributed by atoms with Crippen LogP contribution in [-0.2, 0) is 11.3 Å². The molecule has 0 bridgehead atoms. The number of amides is 1. The average molecular weight is 495 g/mol. The van der Waals surface area contributed by atoms with E-state index in [9.17, 15) is 4.79 Å². The quantitative estimate of drug-likeness (QED) is 0.392. The SMILES string of the molecule is COc1cc(C)cc2cc(-c3cc(CN[C@@H]4CCNC4=O)n4ncnc(N)c34)sc12.Cl.Cl. The minimum Gasteiger partial charge on any atom is -0.495 e. The van der Waals surface area contributed by atoms with Crippen LogP contribution >= 0.6 is 36.2 Å². The van der Waals surface area contributed by atoms with Gasteiger partial charge in [-0.1, -0.05) is 6.07 Å². The molecule has 1 saturated heterocycles. The molecule has 8 nitrogen and oxygen atoms in total. The van der Waals surface area contributed by atoms with Crippen LogP contribution in [0.5, 0.6) is 5.75 Å². The fourth-order valence-electron chi connectivity index (χ4n) is 4.01. The number of anilines is 1. The van der Waals surface area contributed by atoms with Gasteiger partial charge >= 0.3 is 0 Å². The molecule has 1 atom stereocenters. The fraction of sp³-hybridized carbons (Fsp3) is 0.286. The number of nitrogens with two attached hydrogens (primary N) is 1. The number of nitrogens with one attached hydrogen (secondary N) is 2. The molecule has 11 heteroatoms. The Morgan fingerprint density at radius 3 is 2.84 bits per heavy atom. The first-order valence-electron chi connectivity index (χ1n) is 9.76. The number of benzene rings is 1. The third-order valence-electron chi connectivity index (χ3n) is 5.45. The van der Waals surface area contributed by atoms with E-state index < -0.39 is 0 Å². The van der Waals surface area contributed by atoms with Crippen LogP contribution in [-0.4, -0.2) is 40.2 Å². The molecule has 0 saturated carbocycles. The van der Waals surface area contributed by atoms with Crippen molar-refractivity contribution in [3.63, 3.8) is 0 Å². The number of carbonyl (C=O) groups is 1. The lowest BCUT2D eigenvalue weighted by Gasteiger charge is -2.09. The highest BCUT2D eigenvalue weighted by molar-refractivity contribution is 7.22. The summed E-state index contributed by atoms with van der Waals surface area (Å²) in [6, 6.07) is 8.23. The summed E-state index contributed by atoms with van der Waals surface area (Å²) in [5.41, 5.74) is 10.1. The zero-order valence-electron chi connectivity index (χ0n) is 17.5. The third kappa shape index (κ3) is 4.09. The van der Waals surface area contributed by atoms with Crippen LogP contribution in [0.3, 0.4) is 0 Å². The molecule has 0 radical (unpaired) electrons. The van der Waals surface area contributed by atoms with Crippen molar-refractivity contribution in [1.29, 1.82) is 0 Å². The highest BCUT2D eigenvalue weighted by Crippen LogP contribution is 2.42. The van der Waals surface area contributed by atoms with Crippen LogP contribution in [0, 0.1) is 6.92 Å². The number of aryl methyl sites for hydroxylation is 1. The van der Waals surface area contributed by atoms with E-state index in [1.54, 1.807) is 18.4 Å². The number of nitrogen functional groups attached to an aromatic ring is 1. The second-order valence-corrected chi connectivity index (χ2v) is 8.52. The van der Waals surface area contributed by atoms with Crippen molar-refractivity contribution in [1.82, 2.24) is 25.2 Å². The number of hydrogen-bond donors (Lipinski definition) is 3. The summed E-state index contributed by atoms with van der Waals surface area (Å²) in [6.07, 6.45) is 2.23. The van der Waals surface area contributed by atoms with E-state index >= 15 is 0 Å². The second-order valence-electron chi connectivity index (χ2n) is 7.46. The standard InChI is InChI=1S/C21H22N6O2S.2ClH/c1-11-5-12-7-17(30-19(12)16(6-11)29-2)14-8-13(9-24-15-3-4-23-21(15)28)27-18(14)20(22)25-10-26-27;;/h5-8,10,15,24H,3-4,9H2,1-2H3,(H,23,28)(H2,22,25,26);2*1H/t15-;;/m1../s1. The zero-order chi connectivity index (χ0) is 20.8. The first-order valence-corrected chi connectivity index (χ1v) is 10.6. The smallest absolute Gasteiger partial charge is 0.237 e. The van der Waals surface area contributed by atoms with Gasteiger partial charge in [0, 0.05) is 23.5 Å². The Kier molecular flexibility index (Phi) is 7.14. The summed E-state index contributed by atoms with van der Waals surface area (Å²) in [7, 11) is 1.69. The number of aromatic nitrogens is 3. The van der Waals surface area contributed by atoms with Crippen LogP contribution < -0.4 is 21.1 Å². The number of halogens is 2. The molecule has 170 valence electrons. The van der Waals surface area contributed by atoms with Gasteiger partial charge < -0.3 is 21.1 Å². The largest absolute Gasteiger partial charge is 0.495 e. The van der Waals surface area contributed by atoms with Crippen LogP contribution in [0.25, 0.3) is 26.0 Å². The van der Waals surface area contributed by atoms with Crippen molar-refractivity contribution >= 4 is 63.5 Å². The number of rotatable bonds is 5. The molecule has 1 aromatic carbocycles. The molecule has 1 amide bonds. The van der Waals surface area contributed by atoms with Crippen LogP contribution in [0.1, 0.15) is 17.7 Å². The van der Waals surface area contributed by atoms with E-state index in [-0.39, 0.29) is 36.8 Å². The Labute approximate surface area is 201 Å². The molecule has 0 spiro atoms. The van der Waals surface area contributed by atoms with Gasteiger partial charge in [0.25, 0.3) is 0 Å². The van der Waals surface area contributed by atoms with E-state index in [0.29, 0.717) is 18.9 Å². The van der Waals surface area contributed by atoms with Gasteiger partial charge in [0.1, 0.15) is 17.6 Å². The molecule has 3 aromatic heterocycles. The highest BCUT2D eigenvalue weighted by atomic mass is 35.5. The summed E-state index contributed by atoms with van der Waals surface area (Å²) in [5.74, 6) is 1.32. The van der Waals surface area contributed by atoms with Gasteiger partial charge in [0.15, 0.2) is 5.82 Å². The lowest BCUT2D eigenvalue weighted by Crippen LogP contribution is -2.36. The van der Waals surface area contributed by atoms with E-state index in [1.165, 1.54) is 6.33 Å². The van der Waals surface area contributed by atoms with Crippen LogP contribution in [0.2, 0.25) is 0 Å². The van der Waals surface area contributed by atoms with Gasteiger partial charge in [0.2, 0.25) is 5.91 Å². The van der Waals surface area contributed by atoms with Crippen molar-refractivity contribution in [2.45, 2.75) is 25.9 Å². The van der Waals surface area contributed by atoms with Gasteiger partial charge in [0.05, 0.1) is 23.5 Å². The number of nitrogens with zero attached hydrogens (tertiary/aromatic N) is 3. The Morgan fingerprint density at radius 1 is 1.31 bits per heavy atom. The van der Waals surface area contributed by atoms with Crippen molar-refractivity contribution in [3.8, 4) is 16.2 Å². The van der Waals surface area contributed by atoms with Crippen molar-refractivity contribution < 1.29 is 9.53 Å². The number of hydrogen-bond acceptors (Lipinski definition) is 7. The van der Waals surface area contributed by atoms with E-state index in [0.717, 1.165) is 49.5 Å². The number of thiophene rings is 1. The fourth-order valence-corrected chi connectivity index (χ4v) is 5.16. The summed E-state index contributed by atoms with van der Waals surface area (Å²) < 4.78 is 8.49. The molecule has 4 N–H and O–H groups in total. The molecule has 5 rings (SSSR count). The Morgan fingerprint density at radius 2 is 2.12 bits per heavy atom. The van der Waals surface area contributed by atoms with Gasteiger partial charge in [-0.2, -0.15) is 5.10 Å². The minimum atomic E-state index is -0.185. The third-order valence-corrected chi connectivity index (χ3v) is 6.65. The first-order chi connectivity index (χ1) is 14.5. The zero-order valence-corrected chi connectivity index (χ0v) is 20.0. The van der Waals surface area contributed by atoms with Crippen molar-refractivity contribution in [2.24, 2.45) is 0 Å². The van der Waals surface area contributed by atoms with Crippen molar-refractivity contribution in [2.75, 3.05) is 19.4 Å².